The molecule has 0 aliphatic rings. The summed E-state index contributed by atoms with van der Waals surface area (Å²) in [6.45, 7) is 3.06. The summed E-state index contributed by atoms with van der Waals surface area (Å²) in [5.74, 6) is -2.10. The first-order valence-electron chi connectivity index (χ1n) is 4.23. The van der Waals surface area contributed by atoms with Gasteiger partial charge in [-0.15, -0.1) is 0 Å². The summed E-state index contributed by atoms with van der Waals surface area (Å²) in [6, 6.07) is 0. The topological polar surface area (TPSA) is 97.5 Å². The molecule has 0 unspecified atom stereocenters. The van der Waals surface area contributed by atoms with Crippen LogP contribution in [-0.4, -0.2) is 29.9 Å². The van der Waals surface area contributed by atoms with Crippen molar-refractivity contribution in [3.8, 4) is 0 Å². The molecule has 1 aromatic rings. The van der Waals surface area contributed by atoms with Gasteiger partial charge in [-0.25, -0.2) is 13.2 Å². The van der Waals surface area contributed by atoms with Crippen molar-refractivity contribution >= 4 is 15.8 Å². The van der Waals surface area contributed by atoms with Crippen LogP contribution in [0.1, 0.15) is 30.0 Å². The van der Waals surface area contributed by atoms with Crippen LogP contribution in [0.15, 0.2) is 10.7 Å². The van der Waals surface area contributed by atoms with Crippen LogP contribution in [0, 0.1) is 0 Å². The molecule has 1 aromatic heterocycles. The molecular weight excluding hydrogens is 222 g/mol. The van der Waals surface area contributed by atoms with Crippen molar-refractivity contribution in [3.05, 3.63) is 17.5 Å². The monoisotopic (exact) mass is 233 g/mol. The minimum atomic E-state index is -3.34. The molecule has 0 saturated heterocycles. The van der Waals surface area contributed by atoms with E-state index < -0.39 is 26.8 Å². The first-order chi connectivity index (χ1) is 6.84. The van der Waals surface area contributed by atoms with Gasteiger partial charge in [0.05, 0.1) is 17.2 Å². The summed E-state index contributed by atoms with van der Waals surface area (Å²) in [7, 11) is -3.34. The van der Waals surface area contributed by atoms with Crippen LogP contribution in [0.25, 0.3) is 0 Å². The van der Waals surface area contributed by atoms with E-state index in [-0.39, 0.29) is 11.3 Å². The zero-order chi connectivity index (χ0) is 11.6. The van der Waals surface area contributed by atoms with Crippen molar-refractivity contribution in [3.63, 3.8) is 0 Å². The molecule has 6 nitrogen and oxygen atoms in total. The van der Waals surface area contributed by atoms with Gasteiger partial charge < -0.3 is 9.63 Å². The third kappa shape index (κ3) is 2.56. The number of aromatic carboxylic acids is 1. The molecule has 15 heavy (non-hydrogen) atoms. The van der Waals surface area contributed by atoms with E-state index in [0.717, 1.165) is 6.20 Å². The van der Waals surface area contributed by atoms with Gasteiger partial charge in [-0.3, -0.25) is 0 Å². The molecule has 0 aliphatic heterocycles. The average molecular weight is 233 g/mol. The number of nitrogens with zero attached hydrogens (tertiary/aromatic N) is 1. The Balaban J connectivity index is 3.01. The molecule has 0 amide bonds. The summed E-state index contributed by atoms with van der Waals surface area (Å²) in [6.07, 6.45) is 1.11. The van der Waals surface area contributed by atoms with Crippen LogP contribution in [0.2, 0.25) is 0 Å². The Labute approximate surface area is 86.8 Å². The van der Waals surface area contributed by atoms with Gasteiger partial charge in [0.2, 0.25) is 5.76 Å². The zero-order valence-corrected chi connectivity index (χ0v) is 9.11. The van der Waals surface area contributed by atoms with Gasteiger partial charge in [0.15, 0.2) is 9.84 Å². The van der Waals surface area contributed by atoms with Crippen molar-refractivity contribution in [2.24, 2.45) is 0 Å². The first-order valence-corrected chi connectivity index (χ1v) is 5.94. The average Bonchev–Trinajstić information content (AvgIpc) is 2.51. The Kier molecular flexibility index (Phi) is 3.13. The minimum absolute atomic E-state index is 0.0798. The highest BCUT2D eigenvalue weighted by molar-refractivity contribution is 7.91. The fourth-order valence-corrected chi connectivity index (χ4v) is 1.90. The molecule has 0 aromatic carbocycles. The molecule has 1 rings (SSSR count). The van der Waals surface area contributed by atoms with Crippen molar-refractivity contribution in [2.45, 2.75) is 24.9 Å². The summed E-state index contributed by atoms with van der Waals surface area (Å²) in [5, 5.41) is 11.4. The number of sulfone groups is 1. The molecular formula is C8H11NO5S. The number of aromatic nitrogens is 1. The highest BCUT2D eigenvalue weighted by Crippen LogP contribution is 2.15. The highest BCUT2D eigenvalue weighted by atomic mass is 32.2. The van der Waals surface area contributed by atoms with E-state index in [1.165, 1.54) is 13.8 Å². The number of rotatable bonds is 4. The Bertz CT molecular complexity index is 459. The summed E-state index contributed by atoms with van der Waals surface area (Å²) < 4.78 is 27.5. The molecule has 0 saturated carbocycles. The van der Waals surface area contributed by atoms with E-state index in [4.69, 9.17) is 5.11 Å². The molecule has 0 radical (unpaired) electrons. The normalized spacial score (nSPS) is 11.9. The van der Waals surface area contributed by atoms with E-state index in [0.29, 0.717) is 0 Å². The van der Waals surface area contributed by atoms with Gasteiger partial charge in [-0.05, 0) is 13.8 Å². The van der Waals surface area contributed by atoms with E-state index in [2.05, 4.69) is 9.68 Å². The second-order valence-electron chi connectivity index (χ2n) is 3.34. The summed E-state index contributed by atoms with van der Waals surface area (Å²) in [4.78, 5) is 10.6. The zero-order valence-electron chi connectivity index (χ0n) is 8.30. The van der Waals surface area contributed by atoms with Gasteiger partial charge in [0, 0.05) is 5.56 Å². The molecule has 0 fully saturated rings. The highest BCUT2D eigenvalue weighted by Gasteiger charge is 2.23. The van der Waals surface area contributed by atoms with Crippen molar-refractivity contribution in [1.29, 1.82) is 0 Å². The SMILES string of the molecule is CC(C)S(=O)(=O)Cc1cnoc1C(=O)O. The summed E-state index contributed by atoms with van der Waals surface area (Å²) in [5.41, 5.74) is 0.0798. The van der Waals surface area contributed by atoms with Gasteiger partial charge in [0.25, 0.3) is 0 Å². The largest absolute Gasteiger partial charge is 0.475 e. The van der Waals surface area contributed by atoms with Crippen molar-refractivity contribution in [2.75, 3.05) is 0 Å². The lowest BCUT2D eigenvalue weighted by molar-refractivity contribution is 0.0651. The third-order valence-electron chi connectivity index (χ3n) is 1.91. The molecule has 7 heteroatoms. The smallest absolute Gasteiger partial charge is 0.375 e. The number of carbonyl (C=O) groups is 1. The Morgan fingerprint density at radius 2 is 2.20 bits per heavy atom. The maximum absolute atomic E-state index is 11.5. The van der Waals surface area contributed by atoms with Crippen LogP contribution < -0.4 is 0 Å². The predicted octanol–water partition coefficient (Wildman–Crippen LogP) is 0.696. The standard InChI is InChI=1S/C8H11NO5S/c1-5(2)15(12,13)4-6-3-9-14-7(6)8(10)11/h3,5H,4H2,1-2H3,(H,10,11). The van der Waals surface area contributed by atoms with E-state index >= 15 is 0 Å². The lowest BCUT2D eigenvalue weighted by atomic mass is 10.3. The van der Waals surface area contributed by atoms with Crippen molar-refractivity contribution < 1.29 is 22.8 Å². The number of hydrogen-bond donors (Lipinski definition) is 1. The quantitative estimate of drug-likeness (QED) is 0.821. The first kappa shape index (κ1) is 11.7. The maximum Gasteiger partial charge on any atom is 0.375 e. The summed E-state index contributed by atoms with van der Waals surface area (Å²) >= 11 is 0. The van der Waals surface area contributed by atoms with E-state index in [9.17, 15) is 13.2 Å². The van der Waals surface area contributed by atoms with Crippen molar-refractivity contribution in [1.82, 2.24) is 5.16 Å². The fraction of sp³-hybridized carbons (Fsp3) is 0.500. The van der Waals surface area contributed by atoms with Gasteiger partial charge in [-0.2, -0.15) is 0 Å². The molecule has 0 atom stereocenters. The molecule has 1 heterocycles. The Morgan fingerprint density at radius 1 is 1.60 bits per heavy atom. The van der Waals surface area contributed by atoms with E-state index in [1.54, 1.807) is 0 Å². The lowest BCUT2D eigenvalue weighted by Crippen LogP contribution is -2.17. The van der Waals surface area contributed by atoms with Crippen LogP contribution >= 0.6 is 0 Å². The van der Waals surface area contributed by atoms with Crippen LogP contribution in [0.5, 0.6) is 0 Å². The van der Waals surface area contributed by atoms with E-state index in [1.807, 2.05) is 0 Å². The van der Waals surface area contributed by atoms with Crippen LogP contribution in [-0.2, 0) is 15.6 Å². The second-order valence-corrected chi connectivity index (χ2v) is 5.90. The number of carboxylic acids is 1. The second kappa shape index (κ2) is 4.01. The lowest BCUT2D eigenvalue weighted by Gasteiger charge is -2.05. The minimum Gasteiger partial charge on any atom is -0.475 e. The molecule has 84 valence electrons. The molecule has 0 bridgehead atoms. The van der Waals surface area contributed by atoms with Crippen LogP contribution in [0.4, 0.5) is 0 Å². The van der Waals surface area contributed by atoms with Gasteiger partial charge in [-0.1, -0.05) is 5.16 Å². The van der Waals surface area contributed by atoms with Crippen LogP contribution in [0.3, 0.4) is 0 Å². The Morgan fingerprint density at radius 3 is 2.67 bits per heavy atom. The molecule has 1 N–H and O–H groups in total. The van der Waals surface area contributed by atoms with Gasteiger partial charge in [0.1, 0.15) is 0 Å². The molecule has 0 aliphatic carbocycles. The Hall–Kier alpha value is -1.37. The predicted molar refractivity (Wildman–Crippen MR) is 51.2 cm³/mol. The molecule has 0 spiro atoms. The number of hydrogen-bond acceptors (Lipinski definition) is 5. The van der Waals surface area contributed by atoms with Gasteiger partial charge >= 0.3 is 5.97 Å². The fourth-order valence-electron chi connectivity index (χ4n) is 0.923. The number of carboxylic acid groups (broad SMARTS) is 1. The third-order valence-corrected chi connectivity index (χ3v) is 4.06. The maximum atomic E-state index is 11.5.